The van der Waals surface area contributed by atoms with Crippen molar-refractivity contribution in [2.75, 3.05) is 6.54 Å². The summed E-state index contributed by atoms with van der Waals surface area (Å²) in [7, 11) is 0. The van der Waals surface area contributed by atoms with Crippen molar-refractivity contribution in [1.82, 2.24) is 14.9 Å². The van der Waals surface area contributed by atoms with Gasteiger partial charge in [0.2, 0.25) is 0 Å². The molecule has 1 atom stereocenters. The third-order valence-corrected chi connectivity index (χ3v) is 3.23. The van der Waals surface area contributed by atoms with Crippen LogP contribution in [0, 0.1) is 0 Å². The average molecular weight is 272 g/mol. The maximum absolute atomic E-state index is 11.7. The lowest BCUT2D eigenvalue weighted by molar-refractivity contribution is 0.358. The number of nitrogens with one attached hydrogen (secondary N) is 1. The molecule has 0 bridgehead atoms. The van der Waals surface area contributed by atoms with E-state index < -0.39 is 0 Å². The zero-order chi connectivity index (χ0) is 10.7. The van der Waals surface area contributed by atoms with Gasteiger partial charge < -0.3 is 5.32 Å². The highest BCUT2D eigenvalue weighted by molar-refractivity contribution is 9.10. The molecule has 0 amide bonds. The summed E-state index contributed by atoms with van der Waals surface area (Å²) < 4.78 is 2.19. The molecular weight excluding hydrogens is 258 g/mol. The smallest absolute Gasteiger partial charge is 0.267 e. The minimum Gasteiger partial charge on any atom is -0.312 e. The van der Waals surface area contributed by atoms with Gasteiger partial charge in [0.15, 0.2) is 0 Å². The molecule has 1 fully saturated rings. The number of aromatic nitrogens is 2. The average Bonchev–Trinajstić information content (AvgIpc) is 2.26. The molecule has 1 saturated heterocycles. The van der Waals surface area contributed by atoms with Crippen LogP contribution in [-0.2, 0) is 6.54 Å². The second-order valence-corrected chi connectivity index (χ2v) is 4.70. The monoisotopic (exact) mass is 271 g/mol. The van der Waals surface area contributed by atoms with Crippen molar-refractivity contribution in [3.63, 3.8) is 0 Å². The van der Waals surface area contributed by atoms with Crippen molar-refractivity contribution >= 4 is 15.9 Å². The van der Waals surface area contributed by atoms with Gasteiger partial charge in [-0.1, -0.05) is 6.42 Å². The minimum atomic E-state index is -0.00243. The maximum Gasteiger partial charge on any atom is 0.267 e. The first-order chi connectivity index (χ1) is 7.27. The molecule has 0 radical (unpaired) electrons. The molecule has 1 aliphatic rings. The highest BCUT2D eigenvalue weighted by atomic mass is 79.9. The summed E-state index contributed by atoms with van der Waals surface area (Å²) in [5.74, 6) is 0. The third-order valence-electron chi connectivity index (χ3n) is 2.69. The normalized spacial score (nSPS) is 21.5. The standard InChI is InChI=1S/C10H14BrN3O/c11-9-5-12-7-14(10(9)15)6-8-3-1-2-4-13-8/h5,7-8,13H,1-4,6H2. The number of halogens is 1. The molecule has 0 aliphatic carbocycles. The lowest BCUT2D eigenvalue weighted by Crippen LogP contribution is -2.39. The molecule has 0 spiro atoms. The Morgan fingerprint density at radius 2 is 2.47 bits per heavy atom. The van der Waals surface area contributed by atoms with Crippen molar-refractivity contribution in [2.24, 2.45) is 0 Å². The molecule has 1 N–H and O–H groups in total. The summed E-state index contributed by atoms with van der Waals surface area (Å²) in [5, 5.41) is 3.41. The van der Waals surface area contributed by atoms with Crippen LogP contribution in [0.3, 0.4) is 0 Å². The van der Waals surface area contributed by atoms with E-state index in [4.69, 9.17) is 0 Å². The predicted molar refractivity (Wildman–Crippen MR) is 61.8 cm³/mol. The second-order valence-electron chi connectivity index (χ2n) is 3.85. The fourth-order valence-corrected chi connectivity index (χ4v) is 2.22. The topological polar surface area (TPSA) is 46.9 Å². The van der Waals surface area contributed by atoms with E-state index in [0.29, 0.717) is 17.1 Å². The van der Waals surface area contributed by atoms with Crippen LogP contribution in [0.25, 0.3) is 0 Å². The van der Waals surface area contributed by atoms with E-state index in [1.54, 1.807) is 10.9 Å². The molecule has 1 aliphatic heterocycles. The first-order valence-electron chi connectivity index (χ1n) is 5.20. The van der Waals surface area contributed by atoms with Gasteiger partial charge in [0.1, 0.15) is 4.47 Å². The zero-order valence-corrected chi connectivity index (χ0v) is 10.0. The SMILES string of the molecule is O=c1c(Br)cncn1CC1CCCCN1. The van der Waals surface area contributed by atoms with Gasteiger partial charge >= 0.3 is 0 Å². The van der Waals surface area contributed by atoms with Crippen LogP contribution in [0.4, 0.5) is 0 Å². The Bertz CT molecular complexity index is 384. The lowest BCUT2D eigenvalue weighted by Gasteiger charge is -2.23. The number of hydrogen-bond donors (Lipinski definition) is 1. The first kappa shape index (κ1) is 10.8. The number of piperidine rings is 1. The molecule has 4 nitrogen and oxygen atoms in total. The van der Waals surface area contributed by atoms with Crippen molar-refractivity contribution < 1.29 is 0 Å². The van der Waals surface area contributed by atoms with Gasteiger partial charge in [0.05, 0.1) is 6.33 Å². The predicted octanol–water partition coefficient (Wildman–Crippen LogP) is 1.15. The minimum absolute atomic E-state index is 0.00243. The molecule has 0 saturated carbocycles. The van der Waals surface area contributed by atoms with Crippen LogP contribution in [0.15, 0.2) is 21.8 Å². The van der Waals surface area contributed by atoms with E-state index in [9.17, 15) is 4.79 Å². The van der Waals surface area contributed by atoms with Crippen molar-refractivity contribution in [2.45, 2.75) is 31.8 Å². The van der Waals surface area contributed by atoms with E-state index in [1.807, 2.05) is 0 Å². The van der Waals surface area contributed by atoms with Crippen LogP contribution in [0.2, 0.25) is 0 Å². The number of nitrogens with zero attached hydrogens (tertiary/aromatic N) is 2. The molecule has 0 aromatic carbocycles. The van der Waals surface area contributed by atoms with E-state index in [-0.39, 0.29) is 5.56 Å². The molecule has 15 heavy (non-hydrogen) atoms. The number of rotatable bonds is 2. The Balaban J connectivity index is 2.09. The highest BCUT2D eigenvalue weighted by Crippen LogP contribution is 2.08. The van der Waals surface area contributed by atoms with Gasteiger partial charge in [0.25, 0.3) is 5.56 Å². The highest BCUT2D eigenvalue weighted by Gasteiger charge is 2.13. The molecule has 5 heteroatoms. The number of hydrogen-bond acceptors (Lipinski definition) is 3. The van der Waals surface area contributed by atoms with Gasteiger partial charge in [-0.15, -0.1) is 0 Å². The largest absolute Gasteiger partial charge is 0.312 e. The van der Waals surface area contributed by atoms with Gasteiger partial charge in [-0.25, -0.2) is 4.98 Å². The van der Waals surface area contributed by atoms with E-state index in [2.05, 4.69) is 26.2 Å². The van der Waals surface area contributed by atoms with Crippen molar-refractivity contribution in [3.05, 3.63) is 27.4 Å². The quantitative estimate of drug-likeness (QED) is 0.878. The maximum atomic E-state index is 11.7. The summed E-state index contributed by atoms with van der Waals surface area (Å²) in [6.45, 7) is 1.77. The molecule has 82 valence electrons. The molecule has 1 aromatic rings. The second kappa shape index (κ2) is 4.90. The summed E-state index contributed by atoms with van der Waals surface area (Å²) in [5.41, 5.74) is -0.00243. The van der Waals surface area contributed by atoms with Gasteiger partial charge in [-0.2, -0.15) is 0 Å². The Morgan fingerprint density at radius 1 is 1.60 bits per heavy atom. The van der Waals surface area contributed by atoms with Crippen molar-refractivity contribution in [1.29, 1.82) is 0 Å². The Hall–Kier alpha value is -0.680. The summed E-state index contributed by atoms with van der Waals surface area (Å²) >= 11 is 3.19. The van der Waals surface area contributed by atoms with Gasteiger partial charge in [0, 0.05) is 18.8 Å². The van der Waals surface area contributed by atoms with Crippen LogP contribution in [0.1, 0.15) is 19.3 Å². The van der Waals surface area contributed by atoms with E-state index in [0.717, 1.165) is 13.0 Å². The first-order valence-corrected chi connectivity index (χ1v) is 6.00. The van der Waals surface area contributed by atoms with Crippen LogP contribution in [-0.4, -0.2) is 22.1 Å². The van der Waals surface area contributed by atoms with Gasteiger partial charge in [-0.05, 0) is 35.3 Å². The molecule has 2 rings (SSSR count). The van der Waals surface area contributed by atoms with Crippen LogP contribution in [0.5, 0.6) is 0 Å². The fraction of sp³-hybridized carbons (Fsp3) is 0.600. The van der Waals surface area contributed by atoms with Crippen LogP contribution < -0.4 is 10.9 Å². The van der Waals surface area contributed by atoms with E-state index in [1.165, 1.54) is 19.0 Å². The Kier molecular flexibility index (Phi) is 3.53. The molecule has 1 unspecified atom stereocenters. The third kappa shape index (κ3) is 2.66. The van der Waals surface area contributed by atoms with E-state index >= 15 is 0 Å². The summed E-state index contributed by atoms with van der Waals surface area (Å²) in [6.07, 6.45) is 6.76. The van der Waals surface area contributed by atoms with Crippen LogP contribution >= 0.6 is 15.9 Å². The summed E-state index contributed by atoms with van der Waals surface area (Å²) in [4.78, 5) is 15.7. The molecule has 1 aromatic heterocycles. The fourth-order valence-electron chi connectivity index (χ4n) is 1.87. The van der Waals surface area contributed by atoms with Gasteiger partial charge in [-0.3, -0.25) is 9.36 Å². The Morgan fingerprint density at radius 3 is 3.20 bits per heavy atom. The Labute approximate surface area is 96.8 Å². The molecular formula is C10H14BrN3O. The summed E-state index contributed by atoms with van der Waals surface area (Å²) in [6, 6.07) is 0.410. The van der Waals surface area contributed by atoms with Crippen molar-refractivity contribution in [3.8, 4) is 0 Å². The zero-order valence-electron chi connectivity index (χ0n) is 8.45. The lowest BCUT2D eigenvalue weighted by atomic mass is 10.1. The molecule has 2 heterocycles.